The van der Waals surface area contributed by atoms with Gasteiger partial charge in [-0.25, -0.2) is 0 Å². The Morgan fingerprint density at radius 3 is 2.45 bits per heavy atom. The standard InChI is InChI=1S/C16H26N2O3.ClH/c1-16(2,11-19)15(18-8-6-17-7-9-18)13-5-4-12(21-3)10-14(13)20;/h4-5,10,15,17,19-20H,6-9,11H2,1-3H3;1H/t15-;/m1./s1. The number of nitrogens with one attached hydrogen (secondary N) is 1. The first kappa shape index (κ1) is 19.0. The molecule has 1 aromatic rings. The van der Waals surface area contributed by atoms with Crippen molar-refractivity contribution in [3.8, 4) is 11.5 Å². The number of methoxy groups -OCH3 is 1. The fraction of sp³-hybridized carbons (Fsp3) is 0.625. The predicted molar refractivity (Wildman–Crippen MR) is 90.0 cm³/mol. The number of halogens is 1. The molecule has 0 unspecified atom stereocenters. The minimum atomic E-state index is -0.344. The van der Waals surface area contributed by atoms with E-state index >= 15 is 0 Å². The van der Waals surface area contributed by atoms with Crippen LogP contribution >= 0.6 is 12.4 Å². The fourth-order valence-electron chi connectivity index (χ4n) is 3.02. The van der Waals surface area contributed by atoms with Crippen molar-refractivity contribution in [2.24, 2.45) is 5.41 Å². The lowest BCUT2D eigenvalue weighted by Gasteiger charge is -2.43. The highest BCUT2D eigenvalue weighted by atomic mass is 35.5. The number of aromatic hydroxyl groups is 1. The van der Waals surface area contributed by atoms with Crippen molar-refractivity contribution < 1.29 is 14.9 Å². The summed E-state index contributed by atoms with van der Waals surface area (Å²) in [5, 5.41) is 23.5. The molecule has 5 nitrogen and oxygen atoms in total. The summed E-state index contributed by atoms with van der Waals surface area (Å²) in [5.74, 6) is 0.858. The Morgan fingerprint density at radius 1 is 1.32 bits per heavy atom. The molecule has 1 fully saturated rings. The zero-order valence-corrected chi connectivity index (χ0v) is 14.3. The summed E-state index contributed by atoms with van der Waals surface area (Å²) in [5.41, 5.74) is 0.500. The number of benzene rings is 1. The van der Waals surface area contributed by atoms with Crippen LogP contribution < -0.4 is 10.1 Å². The molecular weight excluding hydrogens is 304 g/mol. The molecule has 126 valence electrons. The summed E-state index contributed by atoms with van der Waals surface area (Å²) < 4.78 is 5.15. The van der Waals surface area contributed by atoms with Crippen LogP contribution in [0.2, 0.25) is 0 Å². The van der Waals surface area contributed by atoms with E-state index < -0.39 is 0 Å². The van der Waals surface area contributed by atoms with Crippen molar-refractivity contribution in [2.75, 3.05) is 39.9 Å². The molecule has 0 aromatic heterocycles. The van der Waals surface area contributed by atoms with Crippen LogP contribution in [0.15, 0.2) is 18.2 Å². The van der Waals surface area contributed by atoms with Gasteiger partial charge in [-0.05, 0) is 6.07 Å². The van der Waals surface area contributed by atoms with Gasteiger partial charge in [0.25, 0.3) is 0 Å². The summed E-state index contributed by atoms with van der Waals surface area (Å²) in [6.45, 7) is 7.78. The third-order valence-corrected chi connectivity index (χ3v) is 4.20. The van der Waals surface area contributed by atoms with Crippen LogP contribution in [0.25, 0.3) is 0 Å². The quantitative estimate of drug-likeness (QED) is 0.768. The van der Waals surface area contributed by atoms with Gasteiger partial charge in [-0.2, -0.15) is 0 Å². The summed E-state index contributed by atoms with van der Waals surface area (Å²) >= 11 is 0. The van der Waals surface area contributed by atoms with Crippen molar-refractivity contribution in [1.29, 1.82) is 0 Å². The smallest absolute Gasteiger partial charge is 0.124 e. The van der Waals surface area contributed by atoms with Crippen LogP contribution in [0.5, 0.6) is 11.5 Å². The Labute approximate surface area is 138 Å². The van der Waals surface area contributed by atoms with Crippen LogP contribution in [0, 0.1) is 5.41 Å². The first-order valence-corrected chi connectivity index (χ1v) is 7.42. The van der Waals surface area contributed by atoms with Crippen LogP contribution in [0.3, 0.4) is 0 Å². The van der Waals surface area contributed by atoms with Crippen molar-refractivity contribution in [3.05, 3.63) is 23.8 Å². The van der Waals surface area contributed by atoms with E-state index in [1.165, 1.54) is 0 Å². The van der Waals surface area contributed by atoms with Crippen molar-refractivity contribution in [1.82, 2.24) is 10.2 Å². The largest absolute Gasteiger partial charge is 0.507 e. The minimum absolute atomic E-state index is 0. The maximum Gasteiger partial charge on any atom is 0.124 e. The zero-order valence-electron chi connectivity index (χ0n) is 13.5. The van der Waals surface area contributed by atoms with Gasteiger partial charge in [-0.15, -0.1) is 12.4 Å². The Balaban J connectivity index is 0.00000242. The number of piperazine rings is 1. The maximum absolute atomic E-state index is 10.4. The third-order valence-electron chi connectivity index (χ3n) is 4.20. The fourth-order valence-corrected chi connectivity index (χ4v) is 3.02. The summed E-state index contributed by atoms with van der Waals surface area (Å²) in [6.07, 6.45) is 0. The predicted octanol–water partition coefficient (Wildman–Crippen LogP) is 1.79. The molecule has 1 heterocycles. The van der Waals surface area contributed by atoms with Crippen LogP contribution in [-0.2, 0) is 0 Å². The second-order valence-corrected chi connectivity index (χ2v) is 6.26. The molecule has 1 atom stereocenters. The number of ether oxygens (including phenoxy) is 1. The minimum Gasteiger partial charge on any atom is -0.507 e. The van der Waals surface area contributed by atoms with Crippen molar-refractivity contribution >= 4 is 12.4 Å². The van der Waals surface area contributed by atoms with Gasteiger partial charge in [-0.1, -0.05) is 19.9 Å². The summed E-state index contributed by atoms with van der Waals surface area (Å²) in [4.78, 5) is 2.33. The molecule has 1 aliphatic heterocycles. The molecule has 1 saturated heterocycles. The SMILES string of the molecule is COc1ccc([C@@H](N2CCNCC2)C(C)(C)CO)c(O)c1.Cl. The van der Waals surface area contributed by atoms with Gasteiger partial charge in [0.1, 0.15) is 11.5 Å². The van der Waals surface area contributed by atoms with Gasteiger partial charge < -0.3 is 20.3 Å². The van der Waals surface area contributed by atoms with E-state index in [-0.39, 0.29) is 36.2 Å². The van der Waals surface area contributed by atoms with Gasteiger partial charge in [0.2, 0.25) is 0 Å². The van der Waals surface area contributed by atoms with E-state index in [2.05, 4.69) is 10.2 Å². The first-order valence-electron chi connectivity index (χ1n) is 7.42. The number of nitrogens with zero attached hydrogens (tertiary/aromatic N) is 1. The molecule has 0 spiro atoms. The monoisotopic (exact) mass is 330 g/mol. The highest BCUT2D eigenvalue weighted by Gasteiger charge is 2.37. The highest BCUT2D eigenvalue weighted by molar-refractivity contribution is 5.85. The average molecular weight is 331 g/mol. The lowest BCUT2D eigenvalue weighted by Crippen LogP contribution is -2.49. The normalized spacial score (nSPS) is 17.6. The second kappa shape index (κ2) is 8.02. The summed E-state index contributed by atoms with van der Waals surface area (Å²) in [7, 11) is 1.58. The van der Waals surface area contributed by atoms with Crippen LogP contribution in [0.4, 0.5) is 0 Å². The highest BCUT2D eigenvalue weighted by Crippen LogP contribution is 2.42. The molecule has 2 rings (SSSR count). The van der Waals surface area contributed by atoms with E-state index in [9.17, 15) is 10.2 Å². The third kappa shape index (κ3) is 4.04. The van der Waals surface area contributed by atoms with E-state index in [0.717, 1.165) is 31.7 Å². The van der Waals surface area contributed by atoms with Crippen molar-refractivity contribution in [2.45, 2.75) is 19.9 Å². The van der Waals surface area contributed by atoms with E-state index in [1.807, 2.05) is 26.0 Å². The molecular formula is C16H27ClN2O3. The van der Waals surface area contributed by atoms with Crippen molar-refractivity contribution in [3.63, 3.8) is 0 Å². The number of hydrogen-bond donors (Lipinski definition) is 3. The Kier molecular flexibility index (Phi) is 6.94. The number of aliphatic hydroxyl groups excluding tert-OH is 1. The Morgan fingerprint density at radius 2 is 1.95 bits per heavy atom. The van der Waals surface area contributed by atoms with Crippen LogP contribution in [0.1, 0.15) is 25.5 Å². The van der Waals surface area contributed by atoms with Gasteiger partial charge in [0, 0.05) is 55.9 Å². The number of hydrogen-bond acceptors (Lipinski definition) is 5. The molecule has 0 bridgehead atoms. The molecule has 3 N–H and O–H groups in total. The molecule has 0 saturated carbocycles. The van der Waals surface area contributed by atoms with Gasteiger partial charge in [-0.3, -0.25) is 4.90 Å². The number of rotatable bonds is 5. The Hall–Kier alpha value is -1.01. The van der Waals surface area contributed by atoms with Gasteiger partial charge >= 0.3 is 0 Å². The lowest BCUT2D eigenvalue weighted by atomic mass is 9.79. The summed E-state index contributed by atoms with van der Waals surface area (Å²) in [6, 6.07) is 5.36. The van der Waals surface area contributed by atoms with Crippen LogP contribution in [-0.4, -0.2) is 55.0 Å². The second-order valence-electron chi connectivity index (χ2n) is 6.26. The number of phenols is 1. The lowest BCUT2D eigenvalue weighted by molar-refractivity contribution is 0.0293. The molecule has 0 amide bonds. The Bertz CT molecular complexity index is 476. The molecule has 6 heteroatoms. The number of aliphatic hydroxyl groups is 1. The molecule has 0 radical (unpaired) electrons. The average Bonchev–Trinajstić information content (AvgIpc) is 2.50. The van der Waals surface area contributed by atoms with E-state index in [0.29, 0.717) is 5.75 Å². The van der Waals surface area contributed by atoms with E-state index in [4.69, 9.17) is 4.74 Å². The topological polar surface area (TPSA) is 65.0 Å². The van der Waals surface area contributed by atoms with Gasteiger partial charge in [0.05, 0.1) is 7.11 Å². The first-order chi connectivity index (χ1) is 9.99. The maximum atomic E-state index is 10.4. The molecule has 1 aliphatic rings. The molecule has 1 aromatic carbocycles. The zero-order chi connectivity index (χ0) is 15.5. The van der Waals surface area contributed by atoms with Gasteiger partial charge in [0.15, 0.2) is 0 Å². The molecule has 22 heavy (non-hydrogen) atoms. The molecule has 0 aliphatic carbocycles. The number of phenolic OH excluding ortho intramolecular Hbond substituents is 1. The van der Waals surface area contributed by atoms with E-state index in [1.54, 1.807) is 13.2 Å².